The predicted octanol–water partition coefficient (Wildman–Crippen LogP) is 3.63. The summed E-state index contributed by atoms with van der Waals surface area (Å²) in [7, 11) is 2.79. The number of halogens is 5. The van der Waals surface area contributed by atoms with Crippen LogP contribution in [0.3, 0.4) is 0 Å². The minimum Gasteiger partial charge on any atom is -0.480 e. The highest BCUT2D eigenvalue weighted by Crippen LogP contribution is 2.36. The first-order valence-corrected chi connectivity index (χ1v) is 10.2. The van der Waals surface area contributed by atoms with Gasteiger partial charge in [-0.25, -0.2) is 41.9 Å². The van der Waals surface area contributed by atoms with Gasteiger partial charge in [-0.3, -0.25) is 0 Å². The van der Waals surface area contributed by atoms with Crippen LogP contribution in [-0.4, -0.2) is 64.3 Å². The average Bonchev–Trinajstić information content (AvgIpc) is 3.13. The largest absolute Gasteiger partial charge is 0.480 e. The second-order valence-corrected chi connectivity index (χ2v) is 7.53. The molecule has 0 bridgehead atoms. The number of aryl methyl sites for hydroxylation is 1. The molecule has 3 aromatic rings. The van der Waals surface area contributed by atoms with Crippen molar-refractivity contribution in [2.24, 2.45) is 0 Å². The molecule has 1 aliphatic heterocycles. The number of hydrogen-bond donors (Lipinski definition) is 0. The lowest BCUT2D eigenvalue weighted by Gasteiger charge is -2.18. The van der Waals surface area contributed by atoms with Crippen LogP contribution in [0.2, 0.25) is 0 Å². The van der Waals surface area contributed by atoms with Gasteiger partial charge >= 0.3 is 11.9 Å². The number of anilines is 1. The van der Waals surface area contributed by atoms with Crippen molar-refractivity contribution in [2.45, 2.75) is 25.4 Å². The van der Waals surface area contributed by atoms with Gasteiger partial charge in [-0.1, -0.05) is 0 Å². The molecule has 1 atom stereocenters. The second kappa shape index (κ2) is 9.43. The van der Waals surface area contributed by atoms with Crippen LogP contribution in [-0.2, 0) is 0 Å². The maximum Gasteiger partial charge on any atom is 0.319 e. The Labute approximate surface area is 195 Å². The highest BCUT2D eigenvalue weighted by atomic mass is 19.3. The number of hydrogen-bond acceptors (Lipinski definition) is 9. The Hall–Kier alpha value is -3.84. The van der Waals surface area contributed by atoms with Crippen molar-refractivity contribution >= 4 is 5.82 Å². The molecule has 1 fully saturated rings. The molecule has 14 heteroatoms. The fourth-order valence-electron chi connectivity index (χ4n) is 3.50. The smallest absolute Gasteiger partial charge is 0.319 e. The number of alkyl halides is 4. The Morgan fingerprint density at radius 2 is 1.83 bits per heavy atom. The van der Waals surface area contributed by atoms with Gasteiger partial charge in [0, 0.05) is 18.3 Å². The molecule has 186 valence electrons. The number of rotatable bonds is 7. The van der Waals surface area contributed by atoms with E-state index in [-0.39, 0.29) is 30.1 Å². The summed E-state index contributed by atoms with van der Waals surface area (Å²) in [5.41, 5.74) is -0.282. The molecule has 4 rings (SSSR count). The van der Waals surface area contributed by atoms with Gasteiger partial charge in [-0.05, 0) is 6.92 Å². The Morgan fingerprint density at radius 1 is 1.06 bits per heavy atom. The summed E-state index contributed by atoms with van der Waals surface area (Å²) in [5.74, 6) is -4.57. The van der Waals surface area contributed by atoms with Crippen LogP contribution >= 0.6 is 0 Å². The van der Waals surface area contributed by atoms with Gasteiger partial charge in [-0.2, -0.15) is 4.98 Å². The van der Waals surface area contributed by atoms with Gasteiger partial charge < -0.3 is 19.1 Å². The third-order valence-corrected chi connectivity index (χ3v) is 5.15. The first-order chi connectivity index (χ1) is 16.6. The molecular formula is C21H19F5N6O3. The third kappa shape index (κ3) is 5.00. The van der Waals surface area contributed by atoms with E-state index in [1.54, 1.807) is 6.92 Å². The zero-order valence-electron chi connectivity index (χ0n) is 18.7. The molecule has 0 radical (unpaired) electrons. The number of methoxy groups -OCH3 is 2. The molecule has 0 amide bonds. The molecule has 35 heavy (non-hydrogen) atoms. The van der Waals surface area contributed by atoms with Crippen LogP contribution in [0, 0.1) is 12.7 Å². The Morgan fingerprint density at radius 3 is 2.51 bits per heavy atom. The van der Waals surface area contributed by atoms with E-state index in [1.807, 2.05) is 0 Å². The van der Waals surface area contributed by atoms with Crippen LogP contribution in [0.5, 0.6) is 17.8 Å². The Balaban J connectivity index is 1.61. The van der Waals surface area contributed by atoms with Crippen molar-refractivity contribution in [2.75, 3.05) is 32.2 Å². The second-order valence-electron chi connectivity index (χ2n) is 7.53. The van der Waals surface area contributed by atoms with Crippen molar-refractivity contribution < 1.29 is 36.2 Å². The molecule has 1 aliphatic rings. The van der Waals surface area contributed by atoms with E-state index in [4.69, 9.17) is 14.2 Å². The molecule has 3 aromatic heterocycles. The SMILES string of the molecule is COc1ncc(-c2cc(N3CC(Oc4cc(C(F)F)c(F)cn4)C(F)(F)C3)nc(C)n2)c(OC)n1. The van der Waals surface area contributed by atoms with Gasteiger partial charge in [-0.15, -0.1) is 0 Å². The zero-order chi connectivity index (χ0) is 25.3. The topological polar surface area (TPSA) is 95.4 Å². The monoisotopic (exact) mass is 498 g/mol. The molecule has 1 saturated heterocycles. The predicted molar refractivity (Wildman–Crippen MR) is 112 cm³/mol. The van der Waals surface area contributed by atoms with Crippen LogP contribution in [0.25, 0.3) is 11.3 Å². The highest BCUT2D eigenvalue weighted by molar-refractivity contribution is 5.67. The average molecular weight is 498 g/mol. The molecule has 4 heterocycles. The van der Waals surface area contributed by atoms with Gasteiger partial charge in [0.25, 0.3) is 6.43 Å². The lowest BCUT2D eigenvalue weighted by molar-refractivity contribution is -0.0610. The van der Waals surface area contributed by atoms with Crippen LogP contribution in [0.15, 0.2) is 24.5 Å². The van der Waals surface area contributed by atoms with E-state index < -0.39 is 42.3 Å². The van der Waals surface area contributed by atoms with Crippen LogP contribution in [0.4, 0.5) is 27.8 Å². The van der Waals surface area contributed by atoms with E-state index in [1.165, 1.54) is 31.4 Å². The van der Waals surface area contributed by atoms with E-state index in [2.05, 4.69) is 24.9 Å². The normalized spacial score (nSPS) is 17.1. The molecule has 0 aliphatic carbocycles. The summed E-state index contributed by atoms with van der Waals surface area (Å²) < 4.78 is 84.4. The molecular weight excluding hydrogens is 479 g/mol. The first kappa shape index (κ1) is 24.3. The van der Waals surface area contributed by atoms with Gasteiger partial charge in [0.15, 0.2) is 11.9 Å². The lowest BCUT2D eigenvalue weighted by atomic mass is 10.2. The fourth-order valence-corrected chi connectivity index (χ4v) is 3.50. The number of aromatic nitrogens is 5. The van der Waals surface area contributed by atoms with Crippen LogP contribution < -0.4 is 19.1 Å². The third-order valence-electron chi connectivity index (χ3n) is 5.15. The van der Waals surface area contributed by atoms with Crippen molar-refractivity contribution in [1.29, 1.82) is 0 Å². The van der Waals surface area contributed by atoms with E-state index >= 15 is 0 Å². The standard InChI is InChI=1S/C21H19F5N6O3/c1-10-29-14(12-6-28-20(34-3)31-19(12)33-2)5-16(30-10)32-8-15(21(25,26)9-32)35-17-4-11(18(23)24)13(22)7-27-17/h4-7,15,18H,8-9H2,1-3H3. The lowest BCUT2D eigenvalue weighted by Crippen LogP contribution is -2.36. The zero-order valence-corrected chi connectivity index (χ0v) is 18.7. The van der Waals surface area contributed by atoms with Gasteiger partial charge in [0.1, 0.15) is 11.6 Å². The van der Waals surface area contributed by atoms with Crippen molar-refractivity contribution in [3.8, 4) is 29.0 Å². The molecule has 1 unspecified atom stereocenters. The molecule has 9 nitrogen and oxygen atoms in total. The summed E-state index contributed by atoms with van der Waals surface area (Å²) in [4.78, 5) is 21.5. The van der Waals surface area contributed by atoms with E-state index in [9.17, 15) is 22.0 Å². The van der Waals surface area contributed by atoms with Crippen molar-refractivity contribution in [1.82, 2.24) is 24.9 Å². The van der Waals surface area contributed by atoms with Crippen molar-refractivity contribution in [3.05, 3.63) is 41.7 Å². The maximum absolute atomic E-state index is 14.8. The minimum atomic E-state index is -3.39. The maximum atomic E-state index is 14.8. The molecule has 0 saturated carbocycles. The number of nitrogens with zero attached hydrogens (tertiary/aromatic N) is 6. The molecule has 0 spiro atoms. The number of ether oxygens (including phenoxy) is 3. The quantitative estimate of drug-likeness (QED) is 0.453. The van der Waals surface area contributed by atoms with E-state index in [0.29, 0.717) is 23.5 Å². The summed E-state index contributed by atoms with van der Waals surface area (Å²) in [6, 6.07) is 2.14. The summed E-state index contributed by atoms with van der Waals surface area (Å²) in [6.07, 6.45) is -2.97. The van der Waals surface area contributed by atoms with Crippen LogP contribution in [0.1, 0.15) is 17.8 Å². The molecule has 0 N–H and O–H groups in total. The Bertz CT molecular complexity index is 1230. The van der Waals surface area contributed by atoms with Gasteiger partial charge in [0.05, 0.1) is 50.3 Å². The minimum absolute atomic E-state index is 0.0696. The number of pyridine rings is 1. The summed E-state index contributed by atoms with van der Waals surface area (Å²) in [6.45, 7) is 0.468. The highest BCUT2D eigenvalue weighted by Gasteiger charge is 2.51. The van der Waals surface area contributed by atoms with Gasteiger partial charge in [0.2, 0.25) is 11.8 Å². The molecule has 0 aromatic carbocycles. The first-order valence-electron chi connectivity index (χ1n) is 10.2. The Kier molecular flexibility index (Phi) is 6.54. The summed E-state index contributed by atoms with van der Waals surface area (Å²) >= 11 is 0. The van der Waals surface area contributed by atoms with Crippen molar-refractivity contribution in [3.63, 3.8) is 0 Å². The fraction of sp³-hybridized carbons (Fsp3) is 0.381. The van der Waals surface area contributed by atoms with E-state index in [0.717, 1.165) is 0 Å². The summed E-state index contributed by atoms with van der Waals surface area (Å²) in [5, 5.41) is 0.